The van der Waals surface area contributed by atoms with Gasteiger partial charge in [-0.3, -0.25) is 19.2 Å². The molecule has 12 heteroatoms. The Kier molecular flexibility index (Phi) is 11.5. The molecule has 6 N–H and O–H groups in total. The Morgan fingerprint density at radius 3 is 2.54 bits per heavy atom. The number of methoxy groups -OCH3 is 1. The van der Waals surface area contributed by atoms with Gasteiger partial charge in [-0.2, -0.15) is 0 Å². The highest BCUT2D eigenvalue weighted by atomic mass is 16.5. The van der Waals surface area contributed by atoms with Gasteiger partial charge >= 0.3 is 0 Å². The Hall–Kier alpha value is -3.64. The van der Waals surface area contributed by atoms with E-state index >= 15 is 0 Å². The first-order valence-electron chi connectivity index (χ1n) is 14.0. The first-order valence-corrected chi connectivity index (χ1v) is 14.0. The van der Waals surface area contributed by atoms with E-state index in [1.165, 1.54) is 0 Å². The standard InChI is InChI=1S/C29H43N5O7/c1-29(2,3)17-23(28(38)33-21(25(30)35)15-18-7-6-10-31-26(18)36)34-27(37)22-16-19-20(32-22)8-5-9-24(19)41-14-13-40-12-11-39-4/h5,8-9,16,18,21,23,32H,6-7,10-15,17H2,1-4H3,(H2,30,35)(H,31,36)(H,33,38)(H,34,37)/t18-,21-,23-/m0/s1. The van der Waals surface area contributed by atoms with Crippen LogP contribution in [0.15, 0.2) is 24.3 Å². The first-order chi connectivity index (χ1) is 19.5. The number of ether oxygens (including phenoxy) is 3. The van der Waals surface area contributed by atoms with Gasteiger partial charge < -0.3 is 40.9 Å². The van der Waals surface area contributed by atoms with Crippen LogP contribution in [-0.4, -0.2) is 80.8 Å². The fourth-order valence-corrected chi connectivity index (χ4v) is 4.75. The maximum absolute atomic E-state index is 13.4. The highest BCUT2D eigenvalue weighted by Crippen LogP contribution is 2.27. The van der Waals surface area contributed by atoms with Gasteiger partial charge in [0, 0.05) is 30.5 Å². The zero-order valence-corrected chi connectivity index (χ0v) is 24.3. The molecule has 2 heterocycles. The molecule has 0 radical (unpaired) electrons. The molecule has 3 rings (SSSR count). The van der Waals surface area contributed by atoms with Gasteiger partial charge in [-0.15, -0.1) is 0 Å². The minimum atomic E-state index is -1.04. The van der Waals surface area contributed by atoms with Crippen LogP contribution in [0.25, 0.3) is 10.9 Å². The molecule has 1 fully saturated rings. The number of hydrogen-bond acceptors (Lipinski definition) is 7. The molecule has 1 aromatic carbocycles. The van der Waals surface area contributed by atoms with E-state index in [0.29, 0.717) is 62.5 Å². The van der Waals surface area contributed by atoms with Crippen molar-refractivity contribution in [2.45, 2.75) is 58.5 Å². The van der Waals surface area contributed by atoms with Crippen molar-refractivity contribution in [3.05, 3.63) is 30.0 Å². The molecule has 41 heavy (non-hydrogen) atoms. The number of amides is 4. The van der Waals surface area contributed by atoms with E-state index in [1.54, 1.807) is 19.2 Å². The highest BCUT2D eigenvalue weighted by molar-refractivity contribution is 6.01. The first kappa shape index (κ1) is 31.9. The molecule has 1 saturated heterocycles. The summed E-state index contributed by atoms with van der Waals surface area (Å²) in [5, 5.41) is 8.99. The van der Waals surface area contributed by atoms with Gasteiger partial charge in [0.25, 0.3) is 5.91 Å². The van der Waals surface area contributed by atoms with Crippen LogP contribution < -0.4 is 26.4 Å². The van der Waals surface area contributed by atoms with Crippen molar-refractivity contribution < 1.29 is 33.4 Å². The molecule has 0 bridgehead atoms. The van der Waals surface area contributed by atoms with Crippen LogP contribution in [0.4, 0.5) is 0 Å². The number of fused-ring (bicyclic) bond motifs is 1. The summed E-state index contributed by atoms with van der Waals surface area (Å²) in [6, 6.07) is 5.13. The topological polar surface area (TPSA) is 174 Å². The monoisotopic (exact) mass is 573 g/mol. The van der Waals surface area contributed by atoms with E-state index < -0.39 is 35.7 Å². The molecular formula is C29H43N5O7. The van der Waals surface area contributed by atoms with Gasteiger partial charge in [0.15, 0.2) is 0 Å². The minimum Gasteiger partial charge on any atom is -0.490 e. The normalized spacial score (nSPS) is 17.0. The summed E-state index contributed by atoms with van der Waals surface area (Å²) in [6.07, 6.45) is 1.81. The fourth-order valence-electron chi connectivity index (χ4n) is 4.75. The zero-order valence-electron chi connectivity index (χ0n) is 24.3. The molecule has 2 aromatic rings. The molecule has 3 atom stereocenters. The summed E-state index contributed by atoms with van der Waals surface area (Å²) in [6.45, 7) is 8.12. The van der Waals surface area contributed by atoms with Crippen LogP contribution in [0.1, 0.15) is 56.9 Å². The molecule has 0 spiro atoms. The lowest BCUT2D eigenvalue weighted by atomic mass is 9.87. The van der Waals surface area contributed by atoms with Crippen LogP contribution in [0.2, 0.25) is 0 Å². The Morgan fingerprint density at radius 2 is 1.85 bits per heavy atom. The molecule has 1 aliphatic heterocycles. The van der Waals surface area contributed by atoms with E-state index in [-0.39, 0.29) is 23.4 Å². The van der Waals surface area contributed by atoms with E-state index in [4.69, 9.17) is 19.9 Å². The quantitative estimate of drug-likeness (QED) is 0.201. The summed E-state index contributed by atoms with van der Waals surface area (Å²) in [5.41, 5.74) is 6.21. The number of benzene rings is 1. The second kappa shape index (κ2) is 14.8. The average molecular weight is 574 g/mol. The smallest absolute Gasteiger partial charge is 0.268 e. The number of aromatic nitrogens is 1. The van der Waals surface area contributed by atoms with Crippen molar-refractivity contribution in [3.8, 4) is 5.75 Å². The number of aromatic amines is 1. The van der Waals surface area contributed by atoms with Gasteiger partial charge in [0.1, 0.15) is 30.1 Å². The second-order valence-electron chi connectivity index (χ2n) is 11.5. The van der Waals surface area contributed by atoms with Gasteiger partial charge in [0.05, 0.1) is 19.8 Å². The van der Waals surface area contributed by atoms with Crippen molar-refractivity contribution in [1.82, 2.24) is 20.9 Å². The number of primary amides is 1. The number of nitrogens with two attached hydrogens (primary N) is 1. The van der Waals surface area contributed by atoms with E-state index in [2.05, 4.69) is 20.9 Å². The number of piperidine rings is 1. The van der Waals surface area contributed by atoms with Crippen LogP contribution >= 0.6 is 0 Å². The molecule has 0 saturated carbocycles. The van der Waals surface area contributed by atoms with Crippen molar-refractivity contribution >= 4 is 34.5 Å². The number of rotatable bonds is 15. The van der Waals surface area contributed by atoms with Crippen molar-refractivity contribution in [1.29, 1.82) is 0 Å². The summed E-state index contributed by atoms with van der Waals surface area (Å²) in [5.74, 6) is -1.74. The van der Waals surface area contributed by atoms with Gasteiger partial charge in [-0.05, 0) is 49.3 Å². The molecule has 226 valence electrons. The maximum atomic E-state index is 13.4. The summed E-state index contributed by atoms with van der Waals surface area (Å²) in [4.78, 5) is 54.2. The highest BCUT2D eigenvalue weighted by Gasteiger charge is 2.33. The number of H-pyrrole nitrogens is 1. The van der Waals surface area contributed by atoms with Gasteiger partial charge in [0.2, 0.25) is 17.7 Å². The van der Waals surface area contributed by atoms with Crippen molar-refractivity contribution in [3.63, 3.8) is 0 Å². The van der Waals surface area contributed by atoms with Gasteiger partial charge in [-0.1, -0.05) is 26.8 Å². The van der Waals surface area contributed by atoms with Crippen LogP contribution in [0.3, 0.4) is 0 Å². The van der Waals surface area contributed by atoms with Gasteiger partial charge in [-0.25, -0.2) is 0 Å². The molecule has 1 aromatic heterocycles. The average Bonchev–Trinajstić information content (AvgIpc) is 3.35. The number of nitrogens with one attached hydrogen (secondary N) is 4. The Balaban J connectivity index is 1.70. The molecule has 12 nitrogen and oxygen atoms in total. The third-order valence-electron chi connectivity index (χ3n) is 6.80. The van der Waals surface area contributed by atoms with Crippen molar-refractivity contribution in [2.75, 3.05) is 40.1 Å². The Bertz CT molecular complexity index is 1210. The molecular weight excluding hydrogens is 530 g/mol. The molecule has 0 unspecified atom stereocenters. The third kappa shape index (κ3) is 9.75. The molecule has 1 aliphatic rings. The second-order valence-corrected chi connectivity index (χ2v) is 11.5. The predicted octanol–water partition coefficient (Wildman–Crippen LogP) is 1.63. The Morgan fingerprint density at radius 1 is 1.10 bits per heavy atom. The fraction of sp³-hybridized carbons (Fsp3) is 0.586. The van der Waals surface area contributed by atoms with Crippen LogP contribution in [0.5, 0.6) is 5.75 Å². The Labute approximate surface area is 240 Å². The lowest BCUT2D eigenvalue weighted by molar-refractivity contribution is -0.131. The zero-order chi connectivity index (χ0) is 30.0. The lowest BCUT2D eigenvalue weighted by Gasteiger charge is -2.29. The van der Waals surface area contributed by atoms with Crippen LogP contribution in [0, 0.1) is 11.3 Å². The lowest BCUT2D eigenvalue weighted by Crippen LogP contribution is -2.55. The number of carbonyl (C=O) groups excluding carboxylic acids is 4. The van der Waals surface area contributed by atoms with Crippen LogP contribution in [-0.2, 0) is 23.9 Å². The summed E-state index contributed by atoms with van der Waals surface area (Å²) >= 11 is 0. The predicted molar refractivity (Wildman–Crippen MR) is 153 cm³/mol. The minimum absolute atomic E-state index is 0.102. The SMILES string of the molecule is COCCOCCOc1cccc2[nH]c(C(=O)N[C@@H](CC(C)(C)C)C(=O)N[C@@H](C[C@@H]3CCCNC3=O)C(N)=O)cc12. The van der Waals surface area contributed by atoms with E-state index in [0.717, 1.165) is 6.42 Å². The molecule has 4 amide bonds. The third-order valence-corrected chi connectivity index (χ3v) is 6.80. The van der Waals surface area contributed by atoms with E-state index in [1.807, 2.05) is 32.9 Å². The maximum Gasteiger partial charge on any atom is 0.268 e. The number of carbonyl (C=O) groups is 4. The number of hydrogen-bond donors (Lipinski definition) is 5. The summed E-state index contributed by atoms with van der Waals surface area (Å²) < 4.78 is 16.3. The molecule has 0 aliphatic carbocycles. The van der Waals surface area contributed by atoms with Crippen molar-refractivity contribution in [2.24, 2.45) is 17.1 Å². The summed E-state index contributed by atoms with van der Waals surface area (Å²) in [7, 11) is 1.61. The van der Waals surface area contributed by atoms with E-state index in [9.17, 15) is 19.2 Å². The largest absolute Gasteiger partial charge is 0.490 e.